The number of hydrogen-bond acceptors (Lipinski definition) is 4. The Kier molecular flexibility index (Phi) is 6.44. The Bertz CT molecular complexity index is 445. The van der Waals surface area contributed by atoms with Crippen LogP contribution in [0.2, 0.25) is 0 Å². The Morgan fingerprint density at radius 2 is 2.39 bits per heavy atom. The van der Waals surface area contributed by atoms with Crippen LogP contribution in [0.15, 0.2) is 11.4 Å². The highest BCUT2D eigenvalue weighted by Crippen LogP contribution is 2.17. The van der Waals surface area contributed by atoms with Gasteiger partial charge in [-0.05, 0) is 17.9 Å². The van der Waals surface area contributed by atoms with E-state index in [1.165, 1.54) is 11.3 Å². The minimum atomic E-state index is -0.201. The van der Waals surface area contributed by atoms with Crippen LogP contribution in [0.5, 0.6) is 0 Å². The van der Waals surface area contributed by atoms with Gasteiger partial charge >= 0.3 is 0 Å². The van der Waals surface area contributed by atoms with E-state index < -0.39 is 0 Å². The first kappa shape index (κ1) is 14.7. The van der Waals surface area contributed by atoms with Crippen LogP contribution in [0.1, 0.15) is 21.7 Å². The van der Waals surface area contributed by atoms with Crippen LogP contribution in [0.4, 0.5) is 0 Å². The predicted molar refractivity (Wildman–Crippen MR) is 71.7 cm³/mol. The number of nitrogens with zero attached hydrogens (tertiary/aromatic N) is 1. The normalized spacial score (nSPS) is 9.72. The molecule has 4 nitrogen and oxygen atoms in total. The van der Waals surface area contributed by atoms with Crippen LogP contribution >= 0.6 is 11.3 Å². The van der Waals surface area contributed by atoms with Gasteiger partial charge in [-0.1, -0.05) is 11.8 Å². The molecule has 1 N–H and O–H groups in total. The second-order valence-corrected chi connectivity index (χ2v) is 4.61. The average molecular weight is 267 g/mol. The standard InChI is InChI=1S/C13H17NO3S/c1-14(7-4-9-17-2)13(16)12-11(5-3-8-15)6-10-18-12/h6,10,15H,4,7-9H2,1-2H3. The molecule has 0 aliphatic rings. The number of hydrogen-bond donors (Lipinski definition) is 1. The van der Waals surface area contributed by atoms with Crippen molar-refractivity contribution in [2.45, 2.75) is 6.42 Å². The van der Waals surface area contributed by atoms with Crippen molar-refractivity contribution < 1.29 is 14.6 Å². The number of amides is 1. The van der Waals surface area contributed by atoms with Crippen molar-refractivity contribution in [3.05, 3.63) is 21.9 Å². The lowest BCUT2D eigenvalue weighted by Crippen LogP contribution is -2.28. The van der Waals surface area contributed by atoms with Crippen LogP contribution in [0.3, 0.4) is 0 Å². The molecule has 1 rings (SSSR count). The Morgan fingerprint density at radius 1 is 1.61 bits per heavy atom. The summed E-state index contributed by atoms with van der Waals surface area (Å²) in [6.07, 6.45) is 0.807. The lowest BCUT2D eigenvalue weighted by atomic mass is 10.2. The van der Waals surface area contributed by atoms with E-state index in [0.717, 1.165) is 6.42 Å². The second kappa shape index (κ2) is 7.88. The maximum atomic E-state index is 12.1. The lowest BCUT2D eigenvalue weighted by Gasteiger charge is -2.16. The monoisotopic (exact) mass is 267 g/mol. The van der Waals surface area contributed by atoms with Crippen LogP contribution < -0.4 is 0 Å². The first-order chi connectivity index (χ1) is 8.70. The number of methoxy groups -OCH3 is 1. The number of rotatable bonds is 5. The van der Waals surface area contributed by atoms with Crippen molar-refractivity contribution in [1.82, 2.24) is 4.90 Å². The number of thiophene rings is 1. The molecular formula is C13H17NO3S. The zero-order valence-corrected chi connectivity index (χ0v) is 11.4. The Labute approximate surface area is 111 Å². The van der Waals surface area contributed by atoms with Crippen molar-refractivity contribution in [2.75, 3.05) is 33.9 Å². The average Bonchev–Trinajstić information content (AvgIpc) is 2.83. The van der Waals surface area contributed by atoms with Gasteiger partial charge in [-0.2, -0.15) is 0 Å². The molecule has 1 aromatic heterocycles. The zero-order chi connectivity index (χ0) is 13.4. The van der Waals surface area contributed by atoms with Gasteiger partial charge in [0.25, 0.3) is 5.91 Å². The van der Waals surface area contributed by atoms with Gasteiger partial charge in [-0.3, -0.25) is 4.79 Å². The smallest absolute Gasteiger partial charge is 0.264 e. The maximum absolute atomic E-state index is 12.1. The molecule has 0 fully saturated rings. The lowest BCUT2D eigenvalue weighted by molar-refractivity contribution is 0.0784. The van der Waals surface area contributed by atoms with Crippen molar-refractivity contribution in [3.63, 3.8) is 0 Å². The third kappa shape index (κ3) is 4.15. The molecule has 0 saturated heterocycles. The molecule has 0 aliphatic heterocycles. The van der Waals surface area contributed by atoms with E-state index in [9.17, 15) is 4.79 Å². The van der Waals surface area contributed by atoms with Gasteiger partial charge in [-0.15, -0.1) is 11.3 Å². The first-order valence-corrected chi connectivity index (χ1v) is 6.50. The fourth-order valence-electron chi connectivity index (χ4n) is 1.43. The largest absolute Gasteiger partial charge is 0.385 e. The summed E-state index contributed by atoms with van der Waals surface area (Å²) in [5, 5.41) is 10.5. The van der Waals surface area contributed by atoms with Gasteiger partial charge in [0.05, 0.1) is 0 Å². The van der Waals surface area contributed by atoms with E-state index in [4.69, 9.17) is 9.84 Å². The molecule has 0 spiro atoms. The molecule has 18 heavy (non-hydrogen) atoms. The summed E-state index contributed by atoms with van der Waals surface area (Å²) >= 11 is 1.37. The van der Waals surface area contributed by atoms with Crippen LogP contribution in [0, 0.1) is 11.8 Å². The zero-order valence-electron chi connectivity index (χ0n) is 10.6. The molecule has 0 saturated carbocycles. The van der Waals surface area contributed by atoms with Gasteiger partial charge in [0.1, 0.15) is 11.5 Å². The molecule has 0 bridgehead atoms. The maximum Gasteiger partial charge on any atom is 0.264 e. The summed E-state index contributed by atoms with van der Waals surface area (Å²) in [5.41, 5.74) is 0.678. The number of aliphatic hydroxyl groups excluding tert-OH is 1. The highest BCUT2D eigenvalue weighted by atomic mass is 32.1. The number of carbonyl (C=O) groups excluding carboxylic acids is 1. The summed E-state index contributed by atoms with van der Waals surface area (Å²) < 4.78 is 4.95. The number of carbonyl (C=O) groups is 1. The van der Waals surface area contributed by atoms with Gasteiger partial charge in [-0.25, -0.2) is 0 Å². The summed E-state index contributed by atoms with van der Waals surface area (Å²) in [6.45, 7) is 1.09. The number of ether oxygens (including phenoxy) is 1. The molecule has 98 valence electrons. The van der Waals surface area contributed by atoms with E-state index in [0.29, 0.717) is 23.6 Å². The van der Waals surface area contributed by atoms with E-state index in [1.807, 2.05) is 5.38 Å². The van der Waals surface area contributed by atoms with Gasteiger partial charge in [0.15, 0.2) is 0 Å². The number of aliphatic hydroxyl groups is 1. The highest BCUT2D eigenvalue weighted by molar-refractivity contribution is 7.12. The van der Waals surface area contributed by atoms with E-state index in [-0.39, 0.29) is 12.5 Å². The van der Waals surface area contributed by atoms with Gasteiger partial charge in [0, 0.05) is 32.9 Å². The van der Waals surface area contributed by atoms with Crippen LogP contribution in [-0.2, 0) is 4.74 Å². The molecular weight excluding hydrogens is 250 g/mol. The van der Waals surface area contributed by atoms with E-state index in [1.54, 1.807) is 25.1 Å². The molecule has 1 aromatic rings. The summed E-state index contributed by atoms with van der Waals surface area (Å²) in [5.74, 6) is 5.30. The second-order valence-electron chi connectivity index (χ2n) is 3.70. The molecule has 0 atom stereocenters. The molecule has 0 aliphatic carbocycles. The molecule has 0 radical (unpaired) electrons. The minimum Gasteiger partial charge on any atom is -0.385 e. The van der Waals surface area contributed by atoms with Crippen molar-refractivity contribution in [2.24, 2.45) is 0 Å². The third-order valence-corrected chi connectivity index (χ3v) is 3.25. The SMILES string of the molecule is COCCCN(C)C(=O)c1sccc1C#CCO. The van der Waals surface area contributed by atoms with Crippen molar-refractivity contribution in [1.29, 1.82) is 0 Å². The van der Waals surface area contributed by atoms with E-state index in [2.05, 4.69) is 11.8 Å². The van der Waals surface area contributed by atoms with Gasteiger partial charge in [0.2, 0.25) is 0 Å². The van der Waals surface area contributed by atoms with Crippen molar-refractivity contribution >= 4 is 17.2 Å². The third-order valence-electron chi connectivity index (χ3n) is 2.35. The summed E-state index contributed by atoms with van der Waals surface area (Å²) in [4.78, 5) is 14.4. The quantitative estimate of drug-likeness (QED) is 0.644. The van der Waals surface area contributed by atoms with Crippen molar-refractivity contribution in [3.8, 4) is 11.8 Å². The Hall–Kier alpha value is -1.35. The highest BCUT2D eigenvalue weighted by Gasteiger charge is 2.16. The predicted octanol–water partition coefficient (Wildman–Crippen LogP) is 1.20. The minimum absolute atomic E-state index is 0.0386. The van der Waals surface area contributed by atoms with Crippen LogP contribution in [-0.4, -0.2) is 49.8 Å². The van der Waals surface area contributed by atoms with E-state index >= 15 is 0 Å². The van der Waals surface area contributed by atoms with Gasteiger partial charge < -0.3 is 14.7 Å². The summed E-state index contributed by atoms with van der Waals surface area (Å²) in [6, 6.07) is 1.80. The molecule has 1 heterocycles. The summed E-state index contributed by atoms with van der Waals surface area (Å²) in [7, 11) is 3.41. The Morgan fingerprint density at radius 3 is 3.06 bits per heavy atom. The molecule has 0 unspecified atom stereocenters. The van der Waals surface area contributed by atoms with Crippen LogP contribution in [0.25, 0.3) is 0 Å². The molecule has 0 aromatic carbocycles. The fraction of sp³-hybridized carbons (Fsp3) is 0.462. The first-order valence-electron chi connectivity index (χ1n) is 5.62. The fourth-order valence-corrected chi connectivity index (χ4v) is 2.27. The Balaban J connectivity index is 2.68. The molecule has 5 heteroatoms. The topological polar surface area (TPSA) is 49.8 Å². The molecule has 1 amide bonds.